The number of fused-ring (bicyclic) bond motifs is 2. The van der Waals surface area contributed by atoms with Gasteiger partial charge in [0.25, 0.3) is 0 Å². The smallest absolute Gasteiger partial charge is 0.191 e. The topological polar surface area (TPSA) is 53.5 Å². The van der Waals surface area contributed by atoms with Crippen LogP contribution in [0.15, 0.2) is 35.4 Å². The lowest BCUT2D eigenvalue weighted by atomic mass is 9.70. The summed E-state index contributed by atoms with van der Waals surface area (Å²) in [5, 5.41) is 7.79. The van der Waals surface area contributed by atoms with Gasteiger partial charge in [-0.3, -0.25) is 10.2 Å². The summed E-state index contributed by atoms with van der Waals surface area (Å²) in [7, 11) is 0. The molecule has 2 saturated carbocycles. The minimum absolute atomic E-state index is 0.0287. The van der Waals surface area contributed by atoms with Gasteiger partial charge in [-0.15, -0.1) is 0 Å². The molecule has 2 bridgehead atoms. The van der Waals surface area contributed by atoms with Crippen molar-refractivity contribution in [1.29, 1.82) is 0 Å². The Morgan fingerprint density at radius 2 is 1.95 bits per heavy atom. The van der Waals surface area contributed by atoms with Gasteiger partial charge in [-0.05, 0) is 42.6 Å². The van der Waals surface area contributed by atoms with Crippen molar-refractivity contribution in [2.45, 2.75) is 33.6 Å². The largest absolute Gasteiger partial charge is 0.331 e. The number of carbonyl (C=O) groups excluding carboxylic acids is 1. The zero-order valence-corrected chi connectivity index (χ0v) is 14.0. The van der Waals surface area contributed by atoms with E-state index in [-0.39, 0.29) is 22.5 Å². The molecule has 0 saturated heterocycles. The molecule has 1 aromatic rings. The molecule has 0 radical (unpaired) electrons. The van der Waals surface area contributed by atoms with Crippen LogP contribution in [0.3, 0.4) is 0 Å². The van der Waals surface area contributed by atoms with Crippen molar-refractivity contribution in [2.24, 2.45) is 21.8 Å². The summed E-state index contributed by atoms with van der Waals surface area (Å²) in [6.07, 6.45) is 1.98. The van der Waals surface area contributed by atoms with Crippen molar-refractivity contribution < 1.29 is 4.79 Å². The standard InChI is InChI=1S/C17H21N3OS/c1-16(2)12-9-10-17(16,3)14(21)13(12)19-20-15(22)18-11-7-5-4-6-8-11/h4-8,12H,9-10H2,1-3H3,(H2,18,20,22)/b19-13-/t12-,17+/m0/s1. The van der Waals surface area contributed by atoms with E-state index < -0.39 is 0 Å². The minimum atomic E-state index is -0.285. The van der Waals surface area contributed by atoms with Crippen LogP contribution in [0.1, 0.15) is 33.6 Å². The van der Waals surface area contributed by atoms with Gasteiger partial charge < -0.3 is 5.32 Å². The molecule has 22 heavy (non-hydrogen) atoms. The molecular formula is C17H21N3OS. The van der Waals surface area contributed by atoms with E-state index in [9.17, 15) is 4.79 Å². The van der Waals surface area contributed by atoms with Crippen molar-refractivity contribution in [3.8, 4) is 0 Å². The van der Waals surface area contributed by atoms with Gasteiger partial charge in [0.2, 0.25) is 0 Å². The lowest BCUT2D eigenvalue weighted by Gasteiger charge is -2.31. The Morgan fingerprint density at radius 1 is 1.27 bits per heavy atom. The quantitative estimate of drug-likeness (QED) is 0.649. The van der Waals surface area contributed by atoms with Crippen LogP contribution in [0, 0.1) is 16.7 Å². The fraction of sp³-hybridized carbons (Fsp3) is 0.471. The Balaban J connectivity index is 1.72. The number of carbonyl (C=O) groups is 1. The van der Waals surface area contributed by atoms with E-state index in [1.165, 1.54) is 0 Å². The monoisotopic (exact) mass is 315 g/mol. The fourth-order valence-electron chi connectivity index (χ4n) is 3.75. The number of ketones is 1. The van der Waals surface area contributed by atoms with E-state index in [1.54, 1.807) is 0 Å². The number of nitrogens with zero attached hydrogens (tertiary/aromatic N) is 1. The Morgan fingerprint density at radius 3 is 2.55 bits per heavy atom. The number of anilines is 1. The third kappa shape index (κ3) is 2.15. The number of para-hydroxylation sites is 1. The summed E-state index contributed by atoms with van der Waals surface area (Å²) in [6.45, 7) is 6.41. The number of rotatable bonds is 2. The highest BCUT2D eigenvalue weighted by molar-refractivity contribution is 7.80. The van der Waals surface area contributed by atoms with Gasteiger partial charge in [-0.1, -0.05) is 39.0 Å². The molecule has 0 amide bonds. The molecule has 0 aromatic heterocycles. The third-order valence-corrected chi connectivity index (χ3v) is 5.79. The SMILES string of the molecule is CC1(C)[C@H]2CC[C@]1(C)C(=O)/C2=N\NC(=S)Nc1ccccc1. The number of Topliss-reactive ketones (excluding diaryl/α,β-unsaturated/α-hetero) is 1. The number of benzene rings is 1. The lowest BCUT2D eigenvalue weighted by molar-refractivity contribution is -0.123. The molecule has 5 heteroatoms. The summed E-state index contributed by atoms with van der Waals surface area (Å²) in [4.78, 5) is 12.6. The van der Waals surface area contributed by atoms with Crippen LogP contribution in [0.4, 0.5) is 5.69 Å². The van der Waals surface area contributed by atoms with E-state index >= 15 is 0 Å². The highest BCUT2D eigenvalue weighted by Crippen LogP contribution is 2.62. The van der Waals surface area contributed by atoms with Crippen molar-refractivity contribution in [1.82, 2.24) is 5.43 Å². The molecular weight excluding hydrogens is 294 g/mol. The molecule has 0 spiro atoms. The first kappa shape index (κ1) is 15.2. The van der Waals surface area contributed by atoms with Crippen molar-refractivity contribution in [2.75, 3.05) is 5.32 Å². The van der Waals surface area contributed by atoms with E-state index in [1.807, 2.05) is 30.3 Å². The van der Waals surface area contributed by atoms with Crippen molar-refractivity contribution in [3.63, 3.8) is 0 Å². The maximum atomic E-state index is 12.6. The molecule has 2 atom stereocenters. The number of thiocarbonyl (C=S) groups is 1. The Labute approximate surface area is 136 Å². The summed E-state index contributed by atoms with van der Waals surface area (Å²) in [5.74, 6) is 0.390. The van der Waals surface area contributed by atoms with Crippen LogP contribution in [0.25, 0.3) is 0 Å². The maximum absolute atomic E-state index is 12.6. The molecule has 2 N–H and O–H groups in total. The molecule has 116 valence electrons. The molecule has 2 fully saturated rings. The summed E-state index contributed by atoms with van der Waals surface area (Å²) < 4.78 is 0. The average molecular weight is 315 g/mol. The van der Waals surface area contributed by atoms with Crippen LogP contribution in [-0.2, 0) is 4.79 Å². The van der Waals surface area contributed by atoms with Gasteiger partial charge in [-0.2, -0.15) is 5.10 Å². The number of hydrogen-bond acceptors (Lipinski definition) is 3. The lowest BCUT2D eigenvalue weighted by Crippen LogP contribution is -2.34. The molecule has 2 aliphatic rings. The van der Waals surface area contributed by atoms with Crippen LogP contribution >= 0.6 is 12.2 Å². The zero-order chi connectivity index (χ0) is 16.0. The minimum Gasteiger partial charge on any atom is -0.331 e. The Bertz CT molecular complexity index is 653. The Kier molecular flexibility index (Phi) is 3.56. The second-order valence-corrected chi connectivity index (χ2v) is 7.31. The molecule has 3 rings (SSSR count). The Hall–Kier alpha value is -1.75. The van der Waals surface area contributed by atoms with Gasteiger partial charge in [0.05, 0.1) is 0 Å². The van der Waals surface area contributed by atoms with Gasteiger partial charge in [0.1, 0.15) is 5.71 Å². The maximum Gasteiger partial charge on any atom is 0.191 e. The summed E-state index contributed by atoms with van der Waals surface area (Å²) in [6, 6.07) is 9.65. The van der Waals surface area contributed by atoms with Crippen molar-refractivity contribution in [3.05, 3.63) is 30.3 Å². The average Bonchev–Trinajstić information content (AvgIpc) is 2.79. The normalized spacial score (nSPS) is 30.6. The van der Waals surface area contributed by atoms with Crippen LogP contribution in [0.5, 0.6) is 0 Å². The summed E-state index contributed by atoms with van der Waals surface area (Å²) in [5.41, 5.74) is 4.06. The third-order valence-electron chi connectivity index (χ3n) is 5.60. The molecule has 0 heterocycles. The van der Waals surface area contributed by atoms with Gasteiger partial charge in [-0.25, -0.2) is 0 Å². The molecule has 2 aliphatic carbocycles. The highest BCUT2D eigenvalue weighted by atomic mass is 32.1. The fourth-order valence-corrected chi connectivity index (χ4v) is 3.91. The first-order valence-corrected chi connectivity index (χ1v) is 8.01. The number of nitrogens with one attached hydrogen (secondary N) is 2. The van der Waals surface area contributed by atoms with Gasteiger partial charge in [0.15, 0.2) is 10.9 Å². The van der Waals surface area contributed by atoms with E-state index in [2.05, 4.69) is 36.6 Å². The van der Waals surface area contributed by atoms with Crippen molar-refractivity contribution >= 4 is 34.5 Å². The molecule has 1 aromatic carbocycles. The predicted octanol–water partition coefficient (Wildman–Crippen LogP) is 3.35. The van der Waals surface area contributed by atoms with Crippen LogP contribution in [0.2, 0.25) is 0 Å². The van der Waals surface area contributed by atoms with Gasteiger partial charge >= 0.3 is 0 Å². The zero-order valence-electron chi connectivity index (χ0n) is 13.1. The number of hydrazone groups is 1. The van der Waals surface area contributed by atoms with E-state index in [4.69, 9.17) is 12.2 Å². The summed E-state index contributed by atoms with van der Waals surface area (Å²) >= 11 is 5.24. The van der Waals surface area contributed by atoms with E-state index in [0.29, 0.717) is 10.8 Å². The van der Waals surface area contributed by atoms with Crippen LogP contribution in [-0.4, -0.2) is 16.6 Å². The highest BCUT2D eigenvalue weighted by Gasteiger charge is 2.65. The second-order valence-electron chi connectivity index (χ2n) is 6.90. The molecule has 4 nitrogen and oxygen atoms in total. The van der Waals surface area contributed by atoms with Crippen LogP contribution < -0.4 is 10.7 Å². The molecule has 0 aliphatic heterocycles. The van der Waals surface area contributed by atoms with Gasteiger partial charge in [0, 0.05) is 17.0 Å². The second kappa shape index (κ2) is 5.16. The first-order chi connectivity index (χ1) is 10.4. The molecule has 0 unspecified atom stereocenters. The van der Waals surface area contributed by atoms with E-state index in [0.717, 1.165) is 18.5 Å². The number of hydrogen-bond donors (Lipinski definition) is 2. The first-order valence-electron chi connectivity index (χ1n) is 7.61. The predicted molar refractivity (Wildman–Crippen MR) is 92.9 cm³/mol.